The van der Waals surface area contributed by atoms with Crippen LogP contribution in [-0.4, -0.2) is 25.7 Å². The molecule has 112 valence electrons. The zero-order chi connectivity index (χ0) is 15.3. The lowest BCUT2D eigenvalue weighted by molar-refractivity contribution is 0.00198. The number of aliphatic hydroxyl groups is 2. The molecule has 1 aromatic carbocycles. The number of hydrogen-bond acceptors (Lipinski definition) is 4. The van der Waals surface area contributed by atoms with E-state index in [-0.39, 0.29) is 6.04 Å². The van der Waals surface area contributed by atoms with Crippen molar-refractivity contribution < 1.29 is 10.2 Å². The SMILES string of the molecule is Cc1cn2ccc3c(c2n1)NC(c1ccccc1)C(O)C3O. The lowest BCUT2D eigenvalue weighted by atomic mass is 9.89. The van der Waals surface area contributed by atoms with Crippen LogP contribution in [0.5, 0.6) is 0 Å². The Morgan fingerprint density at radius 3 is 2.68 bits per heavy atom. The van der Waals surface area contributed by atoms with Gasteiger partial charge in [0.15, 0.2) is 5.65 Å². The standard InChI is InChI=1S/C17H17N3O2/c1-10-9-20-8-7-12-14(17(20)18-10)19-13(16(22)15(12)21)11-5-3-2-4-6-11/h2-9,13,15-16,19,21-22H,1H3. The second-order valence-electron chi connectivity index (χ2n) is 5.73. The van der Waals surface area contributed by atoms with Crippen molar-refractivity contribution in [1.29, 1.82) is 0 Å². The highest BCUT2D eigenvalue weighted by atomic mass is 16.3. The summed E-state index contributed by atoms with van der Waals surface area (Å²) in [5.74, 6) is 0. The van der Waals surface area contributed by atoms with E-state index in [9.17, 15) is 10.2 Å². The number of hydrogen-bond donors (Lipinski definition) is 3. The van der Waals surface area contributed by atoms with Gasteiger partial charge in [0.25, 0.3) is 0 Å². The van der Waals surface area contributed by atoms with Crippen LogP contribution in [0.4, 0.5) is 5.69 Å². The fourth-order valence-electron chi connectivity index (χ4n) is 3.13. The molecule has 3 heterocycles. The van der Waals surface area contributed by atoms with E-state index in [1.807, 2.05) is 60.1 Å². The number of rotatable bonds is 1. The Balaban J connectivity index is 1.88. The topological polar surface area (TPSA) is 69.8 Å². The van der Waals surface area contributed by atoms with Gasteiger partial charge in [0.1, 0.15) is 12.2 Å². The molecule has 3 aromatic rings. The zero-order valence-corrected chi connectivity index (χ0v) is 12.1. The van der Waals surface area contributed by atoms with Gasteiger partial charge in [-0.15, -0.1) is 0 Å². The molecule has 0 saturated carbocycles. The van der Waals surface area contributed by atoms with Crippen LogP contribution >= 0.6 is 0 Å². The molecule has 2 aromatic heterocycles. The monoisotopic (exact) mass is 295 g/mol. The second kappa shape index (κ2) is 4.83. The van der Waals surface area contributed by atoms with Crippen LogP contribution in [0.3, 0.4) is 0 Å². The molecule has 0 saturated heterocycles. The molecule has 3 N–H and O–H groups in total. The first-order chi connectivity index (χ1) is 10.6. The fraction of sp³-hybridized carbons (Fsp3) is 0.235. The Morgan fingerprint density at radius 1 is 1.14 bits per heavy atom. The molecule has 0 aliphatic carbocycles. The van der Waals surface area contributed by atoms with Gasteiger partial charge >= 0.3 is 0 Å². The molecule has 0 fully saturated rings. The van der Waals surface area contributed by atoms with Crippen molar-refractivity contribution in [3.63, 3.8) is 0 Å². The van der Waals surface area contributed by atoms with Crippen molar-refractivity contribution in [2.45, 2.75) is 25.2 Å². The normalized spacial score (nSPS) is 24.0. The predicted octanol–water partition coefficient (Wildman–Crippen LogP) is 2.20. The molecular weight excluding hydrogens is 278 g/mol. The average molecular weight is 295 g/mol. The maximum Gasteiger partial charge on any atom is 0.160 e. The lowest BCUT2D eigenvalue weighted by Gasteiger charge is -2.35. The Morgan fingerprint density at radius 2 is 1.91 bits per heavy atom. The molecule has 4 rings (SSSR count). The summed E-state index contributed by atoms with van der Waals surface area (Å²) in [6.07, 6.45) is 1.94. The summed E-state index contributed by atoms with van der Waals surface area (Å²) in [4.78, 5) is 4.52. The molecule has 0 spiro atoms. The quantitative estimate of drug-likeness (QED) is 0.644. The van der Waals surface area contributed by atoms with Gasteiger partial charge in [0.05, 0.1) is 17.4 Å². The predicted molar refractivity (Wildman–Crippen MR) is 83.7 cm³/mol. The molecule has 3 atom stereocenters. The average Bonchev–Trinajstić information content (AvgIpc) is 2.92. The van der Waals surface area contributed by atoms with Gasteiger partial charge in [-0.05, 0) is 18.6 Å². The highest BCUT2D eigenvalue weighted by Crippen LogP contribution is 2.40. The number of benzene rings is 1. The number of anilines is 1. The summed E-state index contributed by atoms with van der Waals surface area (Å²) < 4.78 is 1.92. The van der Waals surface area contributed by atoms with E-state index in [2.05, 4.69) is 10.3 Å². The maximum absolute atomic E-state index is 10.5. The van der Waals surface area contributed by atoms with E-state index in [4.69, 9.17) is 0 Å². The van der Waals surface area contributed by atoms with Crippen molar-refractivity contribution in [3.05, 3.63) is 65.6 Å². The minimum atomic E-state index is -0.941. The first-order valence-electron chi connectivity index (χ1n) is 7.31. The fourth-order valence-corrected chi connectivity index (χ4v) is 3.13. The summed E-state index contributed by atoms with van der Waals surface area (Å²) in [5, 5.41) is 24.3. The summed E-state index contributed by atoms with van der Waals surface area (Å²) in [7, 11) is 0. The minimum absolute atomic E-state index is 0.369. The zero-order valence-electron chi connectivity index (χ0n) is 12.1. The van der Waals surface area contributed by atoms with Gasteiger partial charge in [0.2, 0.25) is 0 Å². The van der Waals surface area contributed by atoms with Gasteiger partial charge in [-0.25, -0.2) is 4.98 Å². The van der Waals surface area contributed by atoms with E-state index in [1.165, 1.54) is 0 Å². The largest absolute Gasteiger partial charge is 0.388 e. The van der Waals surface area contributed by atoms with Crippen molar-refractivity contribution in [2.24, 2.45) is 0 Å². The molecule has 0 amide bonds. The van der Waals surface area contributed by atoms with Crippen molar-refractivity contribution in [1.82, 2.24) is 9.38 Å². The molecule has 22 heavy (non-hydrogen) atoms. The summed E-state index contributed by atoms with van der Waals surface area (Å²) >= 11 is 0. The minimum Gasteiger partial charge on any atom is -0.388 e. The highest BCUT2D eigenvalue weighted by molar-refractivity contribution is 5.74. The lowest BCUT2D eigenvalue weighted by Crippen LogP contribution is -2.36. The van der Waals surface area contributed by atoms with Crippen LogP contribution < -0.4 is 5.32 Å². The molecule has 1 aliphatic heterocycles. The molecule has 1 aliphatic rings. The summed E-state index contributed by atoms with van der Waals surface area (Å²) in [6.45, 7) is 1.93. The third-order valence-corrected chi connectivity index (χ3v) is 4.22. The van der Waals surface area contributed by atoms with E-state index in [1.54, 1.807) is 0 Å². The number of imidazole rings is 1. The Kier molecular flexibility index (Phi) is 2.92. The second-order valence-corrected chi connectivity index (χ2v) is 5.73. The van der Waals surface area contributed by atoms with Crippen molar-refractivity contribution in [2.75, 3.05) is 5.32 Å². The van der Waals surface area contributed by atoms with Crippen LogP contribution in [0, 0.1) is 6.92 Å². The Bertz CT molecular complexity index is 829. The third kappa shape index (κ3) is 1.90. The van der Waals surface area contributed by atoms with Crippen molar-refractivity contribution in [3.8, 4) is 0 Å². The molecule has 5 heteroatoms. The van der Waals surface area contributed by atoms with E-state index in [0.29, 0.717) is 5.56 Å². The number of fused-ring (bicyclic) bond motifs is 3. The molecular formula is C17H17N3O2. The molecule has 0 bridgehead atoms. The number of aryl methyl sites for hydroxylation is 1. The van der Waals surface area contributed by atoms with Crippen LogP contribution in [0.25, 0.3) is 5.65 Å². The van der Waals surface area contributed by atoms with Gasteiger partial charge in [-0.1, -0.05) is 30.3 Å². The van der Waals surface area contributed by atoms with Crippen LogP contribution in [-0.2, 0) is 0 Å². The maximum atomic E-state index is 10.5. The number of nitrogens with zero attached hydrogens (tertiary/aromatic N) is 2. The van der Waals surface area contributed by atoms with Gasteiger partial charge in [-0.2, -0.15) is 0 Å². The number of nitrogens with one attached hydrogen (secondary N) is 1. The van der Waals surface area contributed by atoms with Crippen LogP contribution in [0.2, 0.25) is 0 Å². The Hall–Kier alpha value is -2.37. The molecule has 5 nitrogen and oxygen atoms in total. The van der Waals surface area contributed by atoms with E-state index < -0.39 is 12.2 Å². The van der Waals surface area contributed by atoms with E-state index in [0.717, 1.165) is 22.6 Å². The van der Waals surface area contributed by atoms with Gasteiger partial charge in [-0.3, -0.25) is 0 Å². The first-order valence-corrected chi connectivity index (χ1v) is 7.31. The highest BCUT2D eigenvalue weighted by Gasteiger charge is 2.36. The molecule has 0 radical (unpaired) electrons. The summed E-state index contributed by atoms with van der Waals surface area (Å²) in [5.41, 5.74) is 4.07. The smallest absolute Gasteiger partial charge is 0.160 e. The van der Waals surface area contributed by atoms with Gasteiger partial charge in [0, 0.05) is 18.0 Å². The number of aromatic nitrogens is 2. The van der Waals surface area contributed by atoms with Crippen molar-refractivity contribution >= 4 is 11.3 Å². The van der Waals surface area contributed by atoms with Crippen LogP contribution in [0.15, 0.2) is 48.8 Å². The number of pyridine rings is 1. The number of aliphatic hydroxyl groups excluding tert-OH is 2. The Labute approximate surface area is 127 Å². The van der Waals surface area contributed by atoms with E-state index >= 15 is 0 Å². The van der Waals surface area contributed by atoms with Gasteiger partial charge < -0.3 is 19.9 Å². The first kappa shape index (κ1) is 13.3. The third-order valence-electron chi connectivity index (χ3n) is 4.22. The summed E-state index contributed by atoms with van der Waals surface area (Å²) in [6, 6.07) is 11.1. The van der Waals surface area contributed by atoms with Crippen LogP contribution in [0.1, 0.15) is 29.0 Å². The molecule has 3 unspecified atom stereocenters.